The molecule has 4 aliphatic rings. The molecule has 3 saturated carbocycles. The van der Waals surface area contributed by atoms with Crippen molar-refractivity contribution in [1.82, 2.24) is 0 Å². The first-order valence-electron chi connectivity index (χ1n) is 8.22. The van der Waals surface area contributed by atoms with Gasteiger partial charge in [0.2, 0.25) is 0 Å². The molecule has 1 saturated heterocycles. The van der Waals surface area contributed by atoms with Crippen molar-refractivity contribution in [3.8, 4) is 0 Å². The molecule has 3 aliphatic carbocycles. The second-order valence-electron chi connectivity index (χ2n) is 8.74. The molecule has 118 valence electrons. The molecule has 1 aromatic carbocycles. The molecule has 4 fully saturated rings. The zero-order valence-corrected chi connectivity index (χ0v) is 14.9. The Kier molecular flexibility index (Phi) is 2.82. The van der Waals surface area contributed by atoms with E-state index < -0.39 is 0 Å². The summed E-state index contributed by atoms with van der Waals surface area (Å²) in [7, 11) is -0.0667. The van der Waals surface area contributed by atoms with Gasteiger partial charge in [-0.15, -0.1) is 0 Å². The number of aryl methyl sites for hydroxylation is 1. The predicted octanol–water partition coefficient (Wildman–Crippen LogP) is 4.92. The van der Waals surface area contributed by atoms with Crippen LogP contribution in [0.2, 0.25) is 10.3 Å². The minimum Gasteiger partial charge on any atom is -0.403 e. The molecule has 0 atom stereocenters. The van der Waals surface area contributed by atoms with Crippen LogP contribution in [0.3, 0.4) is 0 Å². The summed E-state index contributed by atoms with van der Waals surface area (Å²) in [6, 6.07) is 6.38. The highest BCUT2D eigenvalue weighted by Crippen LogP contribution is 2.81. The quantitative estimate of drug-likeness (QED) is 0.721. The highest BCUT2D eigenvalue weighted by molar-refractivity contribution is 6.51. The first-order chi connectivity index (χ1) is 10.1. The highest BCUT2D eigenvalue weighted by atomic mass is 35.5. The van der Waals surface area contributed by atoms with Crippen molar-refractivity contribution in [3.63, 3.8) is 0 Å². The normalized spacial score (nSPS) is 37.6. The number of hydrogen-bond acceptors (Lipinski definition) is 2. The van der Waals surface area contributed by atoms with Crippen LogP contribution in [-0.4, -0.2) is 18.3 Å². The summed E-state index contributed by atoms with van der Waals surface area (Å²) in [5.41, 5.74) is 2.41. The molecule has 2 nitrogen and oxygen atoms in total. The smallest absolute Gasteiger partial charge is 0.403 e. The topological polar surface area (TPSA) is 18.5 Å². The Morgan fingerprint density at radius 2 is 1.55 bits per heavy atom. The van der Waals surface area contributed by atoms with Crippen LogP contribution in [0, 0.1) is 6.92 Å². The number of hydrogen-bond donors (Lipinski definition) is 0. The molecule has 0 spiro atoms. The van der Waals surface area contributed by atoms with E-state index in [2.05, 4.69) is 46.8 Å². The summed E-state index contributed by atoms with van der Waals surface area (Å²) in [5.74, 6) is 0. The molecule has 0 radical (unpaired) electrons. The van der Waals surface area contributed by atoms with Gasteiger partial charge in [0, 0.05) is 10.3 Å². The lowest BCUT2D eigenvalue weighted by Crippen LogP contribution is -2.66. The van der Waals surface area contributed by atoms with Gasteiger partial charge in [-0.3, -0.25) is 0 Å². The van der Waals surface area contributed by atoms with Gasteiger partial charge in [0.25, 0.3) is 0 Å². The Morgan fingerprint density at radius 3 is 2.09 bits per heavy atom. The Bertz CT molecular complexity index is 617. The molecule has 22 heavy (non-hydrogen) atoms. The minimum absolute atomic E-state index is 0.0667. The lowest BCUT2D eigenvalue weighted by Gasteiger charge is -2.71. The first-order valence-corrected chi connectivity index (χ1v) is 8.59. The molecule has 0 unspecified atom stereocenters. The Labute approximate surface area is 138 Å². The van der Waals surface area contributed by atoms with Crippen LogP contribution in [0.4, 0.5) is 0 Å². The molecule has 1 heterocycles. The van der Waals surface area contributed by atoms with Crippen LogP contribution in [0.5, 0.6) is 0 Å². The fourth-order valence-electron chi connectivity index (χ4n) is 4.54. The van der Waals surface area contributed by atoms with Gasteiger partial charge in [0.05, 0.1) is 11.2 Å². The van der Waals surface area contributed by atoms with Crippen molar-refractivity contribution in [2.24, 2.45) is 0 Å². The van der Waals surface area contributed by atoms with Crippen molar-refractivity contribution in [2.45, 2.75) is 75.8 Å². The van der Waals surface area contributed by atoms with Crippen LogP contribution >= 0.6 is 11.6 Å². The zero-order chi connectivity index (χ0) is 16.0. The Balaban J connectivity index is 1.54. The van der Waals surface area contributed by atoms with Crippen molar-refractivity contribution in [3.05, 3.63) is 34.3 Å². The second-order valence-corrected chi connectivity index (χ2v) is 9.15. The largest absolute Gasteiger partial charge is 0.464 e. The summed E-state index contributed by atoms with van der Waals surface area (Å²) in [5, 5.41) is 1.12. The van der Waals surface area contributed by atoms with E-state index in [4.69, 9.17) is 20.9 Å². The minimum atomic E-state index is -0.235. The molecule has 4 heteroatoms. The fourth-order valence-corrected chi connectivity index (χ4v) is 4.86. The van der Waals surface area contributed by atoms with Crippen LogP contribution in [0.1, 0.15) is 58.1 Å². The average molecular weight is 319 g/mol. The van der Waals surface area contributed by atoms with Gasteiger partial charge in [0.15, 0.2) is 0 Å². The van der Waals surface area contributed by atoms with E-state index in [9.17, 15) is 0 Å². The first kappa shape index (κ1) is 15.0. The maximum Gasteiger partial charge on any atom is 0.464 e. The van der Waals surface area contributed by atoms with Gasteiger partial charge in [-0.05, 0) is 70.9 Å². The monoisotopic (exact) mass is 318 g/mol. The third-order valence-corrected chi connectivity index (χ3v) is 6.85. The second kappa shape index (κ2) is 4.12. The lowest BCUT2D eigenvalue weighted by atomic mass is 9.23. The maximum absolute atomic E-state index is 6.45. The van der Waals surface area contributed by atoms with E-state index in [1.165, 1.54) is 11.1 Å². The van der Waals surface area contributed by atoms with E-state index in [-0.39, 0.29) is 29.0 Å². The third-order valence-electron chi connectivity index (χ3n) is 6.52. The molecule has 0 N–H and O–H groups in total. The molecule has 1 aliphatic heterocycles. The standard InChI is InChI=1S/C18H24BClO2/c1-12-6-7-14(20)13(8-12)17-9-18(10-17,11-17)19-21-15(2,3)16(4,5)22-19/h6-8H,9-11H2,1-5H3. The van der Waals surface area contributed by atoms with Crippen LogP contribution in [-0.2, 0) is 14.7 Å². The highest BCUT2D eigenvalue weighted by Gasteiger charge is 2.77. The summed E-state index contributed by atoms with van der Waals surface area (Å²) in [4.78, 5) is 0. The van der Waals surface area contributed by atoms with Crippen LogP contribution in [0.15, 0.2) is 18.2 Å². The van der Waals surface area contributed by atoms with Crippen LogP contribution in [0.25, 0.3) is 0 Å². The molecule has 5 rings (SSSR count). The van der Waals surface area contributed by atoms with E-state index in [0.717, 1.165) is 24.3 Å². The SMILES string of the molecule is Cc1ccc(Cl)c(C23CC(B4OC(C)(C)C(C)(C)O4)(C2)C3)c1. The average Bonchev–Trinajstić information content (AvgIpc) is 2.49. The summed E-state index contributed by atoms with van der Waals surface area (Å²) >= 11 is 6.45. The lowest BCUT2D eigenvalue weighted by molar-refractivity contribution is -0.0383. The zero-order valence-electron chi connectivity index (χ0n) is 14.1. The Morgan fingerprint density at radius 1 is 1.00 bits per heavy atom. The van der Waals surface area contributed by atoms with Crippen molar-refractivity contribution >= 4 is 18.7 Å². The molecular formula is C18H24BClO2. The molecule has 2 bridgehead atoms. The van der Waals surface area contributed by atoms with Crippen molar-refractivity contribution < 1.29 is 9.31 Å². The molecule has 1 aromatic rings. The summed E-state index contributed by atoms with van der Waals surface area (Å²) in [6.07, 6.45) is 3.42. The van der Waals surface area contributed by atoms with E-state index in [1.807, 2.05) is 6.07 Å². The van der Waals surface area contributed by atoms with E-state index in [0.29, 0.717) is 0 Å². The number of halogens is 1. The predicted molar refractivity (Wildman–Crippen MR) is 90.5 cm³/mol. The van der Waals surface area contributed by atoms with E-state index >= 15 is 0 Å². The van der Waals surface area contributed by atoms with Gasteiger partial charge in [-0.1, -0.05) is 29.3 Å². The fraction of sp³-hybridized carbons (Fsp3) is 0.667. The van der Waals surface area contributed by atoms with Gasteiger partial charge in [-0.2, -0.15) is 0 Å². The molecule has 0 amide bonds. The van der Waals surface area contributed by atoms with E-state index in [1.54, 1.807) is 0 Å². The molecule has 0 aromatic heterocycles. The summed E-state index contributed by atoms with van der Waals surface area (Å²) in [6.45, 7) is 10.7. The molecular weight excluding hydrogens is 294 g/mol. The van der Waals surface area contributed by atoms with Gasteiger partial charge < -0.3 is 9.31 Å². The number of benzene rings is 1. The Hall–Kier alpha value is -0.505. The van der Waals surface area contributed by atoms with Gasteiger partial charge in [0.1, 0.15) is 0 Å². The number of rotatable bonds is 2. The van der Waals surface area contributed by atoms with Gasteiger partial charge >= 0.3 is 7.12 Å². The van der Waals surface area contributed by atoms with Crippen LogP contribution < -0.4 is 0 Å². The van der Waals surface area contributed by atoms with Gasteiger partial charge in [-0.25, -0.2) is 0 Å². The maximum atomic E-state index is 6.45. The van der Waals surface area contributed by atoms with Crippen molar-refractivity contribution in [1.29, 1.82) is 0 Å². The van der Waals surface area contributed by atoms with Crippen molar-refractivity contribution in [2.75, 3.05) is 0 Å². The summed E-state index contributed by atoms with van der Waals surface area (Å²) < 4.78 is 12.6. The third kappa shape index (κ3) is 1.76.